The molecule has 5 atom stereocenters. The number of hydrogen-bond donors (Lipinski definition) is 2. The van der Waals surface area contributed by atoms with Gasteiger partial charge in [-0.25, -0.2) is 0 Å². The lowest BCUT2D eigenvalue weighted by molar-refractivity contribution is -0.150. The van der Waals surface area contributed by atoms with Gasteiger partial charge in [0.15, 0.2) is 13.9 Å². The van der Waals surface area contributed by atoms with Gasteiger partial charge < -0.3 is 24.4 Å². The molecule has 0 unspecified atom stereocenters. The summed E-state index contributed by atoms with van der Waals surface area (Å²) in [6, 6.07) is 20.8. The number of rotatable bonds is 7. The summed E-state index contributed by atoms with van der Waals surface area (Å²) in [5.74, 6) is -0.817. The first-order chi connectivity index (χ1) is 22.9. The van der Waals surface area contributed by atoms with Crippen LogP contribution in [0.4, 0.5) is 17.1 Å². The number of halogens is 1. The van der Waals surface area contributed by atoms with Crippen molar-refractivity contribution in [2.24, 2.45) is 5.92 Å². The summed E-state index contributed by atoms with van der Waals surface area (Å²) in [6.07, 6.45) is 2.02. The minimum Gasteiger partial charge on any atom is -0.432 e. The molecule has 0 bridgehead atoms. The highest BCUT2D eigenvalue weighted by Gasteiger charge is 2.66. The first-order valence-corrected chi connectivity index (χ1v) is 20.3. The topological polar surface area (TPSA) is 111 Å². The van der Waals surface area contributed by atoms with Gasteiger partial charge in [0, 0.05) is 40.7 Å². The zero-order valence-electron chi connectivity index (χ0n) is 27.6. The van der Waals surface area contributed by atoms with Gasteiger partial charge in [-0.05, 0) is 79.9 Å². The fraction of sp³-hybridized carbons (Fsp3) is 0.432. The van der Waals surface area contributed by atoms with Gasteiger partial charge in [0.1, 0.15) is 0 Å². The van der Waals surface area contributed by atoms with E-state index in [1.54, 1.807) is 26.8 Å². The maximum absolute atomic E-state index is 14.9. The minimum atomic E-state index is -2.98. The van der Waals surface area contributed by atoms with Gasteiger partial charge in [-0.2, -0.15) is 0 Å². The molecular weight excluding hydrogens is 646 g/mol. The molecule has 252 valence electrons. The van der Waals surface area contributed by atoms with Gasteiger partial charge in [0.05, 0.1) is 43.1 Å². The van der Waals surface area contributed by atoms with E-state index in [0.29, 0.717) is 35.7 Å². The number of carbonyl (C=O) groups excluding carboxylic acids is 3. The van der Waals surface area contributed by atoms with Crippen molar-refractivity contribution >= 4 is 54.7 Å². The molecule has 0 radical (unpaired) electrons. The van der Waals surface area contributed by atoms with E-state index in [0.717, 1.165) is 35.3 Å². The summed E-state index contributed by atoms with van der Waals surface area (Å²) in [6.45, 7) is 6.31. The Labute approximate surface area is 287 Å². The Kier molecular flexibility index (Phi) is 8.52. The number of aliphatic hydroxyl groups is 1. The zero-order valence-corrected chi connectivity index (χ0v) is 29.3. The Morgan fingerprint density at radius 2 is 1.83 bits per heavy atom. The Bertz CT molecular complexity index is 1780. The van der Waals surface area contributed by atoms with Crippen molar-refractivity contribution in [2.45, 2.75) is 82.0 Å². The fourth-order valence-electron chi connectivity index (χ4n) is 8.74. The molecule has 4 aliphatic rings. The maximum Gasteiger partial charge on any atom is 0.264 e. The third kappa shape index (κ3) is 5.38. The van der Waals surface area contributed by atoms with Crippen molar-refractivity contribution in [1.29, 1.82) is 0 Å². The first kappa shape index (κ1) is 33.0. The molecule has 11 heteroatoms. The van der Waals surface area contributed by atoms with Crippen LogP contribution < -0.4 is 9.80 Å². The highest BCUT2D eigenvalue weighted by atomic mass is 35.5. The second kappa shape index (κ2) is 12.4. The molecule has 4 aliphatic heterocycles. The number of anilines is 3. The van der Waals surface area contributed by atoms with Gasteiger partial charge in [0.2, 0.25) is 11.8 Å². The molecule has 48 heavy (non-hydrogen) atoms. The summed E-state index contributed by atoms with van der Waals surface area (Å²) >= 11 is 6.57. The third-order valence-electron chi connectivity index (χ3n) is 10.8. The van der Waals surface area contributed by atoms with Crippen LogP contribution in [0.3, 0.4) is 0 Å². The van der Waals surface area contributed by atoms with Crippen LogP contribution in [0.2, 0.25) is 23.7 Å². The van der Waals surface area contributed by atoms with Crippen LogP contribution in [0.5, 0.6) is 0 Å². The molecule has 2 N–H and O–H groups in total. The second-order valence-corrected chi connectivity index (χ2v) is 18.6. The number of ether oxygens (including phenoxy) is 1. The Balaban J connectivity index is 1.23. The Hall–Kier alpha value is -3.54. The van der Waals surface area contributed by atoms with Crippen molar-refractivity contribution in [3.63, 3.8) is 0 Å². The van der Waals surface area contributed by atoms with E-state index in [1.165, 1.54) is 0 Å². The standard InChI is InChI=1S/C37H42ClN3O6Si/c1-23-35(48(2,3)46)32(20-34(44)39-17-7-11-28(39)22-42)47-37(23)29-19-26(38)14-15-31(29)40(36(37)45)21-24-8-6-10-27(18-24)41-30-12-5-4-9-25(30)13-16-33(41)43/h4-6,8-10,12,14-15,18-19,23,28,32,35,42,46H,7,11,13,16-17,20-22H2,1-3H3/t23-,28-,32+,35-,37+/m0/s1. The minimum absolute atomic E-state index is 0.0147. The molecule has 2 saturated heterocycles. The number of amides is 3. The predicted octanol–water partition coefficient (Wildman–Crippen LogP) is 5.67. The Morgan fingerprint density at radius 3 is 2.60 bits per heavy atom. The molecule has 9 nitrogen and oxygen atoms in total. The van der Waals surface area contributed by atoms with Gasteiger partial charge in [-0.3, -0.25) is 19.3 Å². The number of fused-ring (bicyclic) bond motifs is 3. The lowest BCUT2D eigenvalue weighted by Crippen LogP contribution is -2.46. The maximum atomic E-state index is 14.9. The van der Waals surface area contributed by atoms with E-state index in [-0.39, 0.29) is 43.3 Å². The van der Waals surface area contributed by atoms with Crippen molar-refractivity contribution in [3.05, 3.63) is 88.4 Å². The molecule has 3 aromatic rings. The molecule has 3 amide bonds. The quantitative estimate of drug-likeness (QED) is 0.310. The normalized spacial score (nSPS) is 26.8. The van der Waals surface area contributed by atoms with Crippen molar-refractivity contribution in [1.82, 2.24) is 4.90 Å². The number of aryl methyl sites for hydroxylation is 1. The summed E-state index contributed by atoms with van der Waals surface area (Å²) in [4.78, 5) is 58.5. The van der Waals surface area contributed by atoms with Gasteiger partial charge in [-0.1, -0.05) is 48.9 Å². The molecule has 4 heterocycles. The lowest BCUT2D eigenvalue weighted by atomic mass is 9.82. The predicted molar refractivity (Wildman–Crippen MR) is 187 cm³/mol. The van der Waals surface area contributed by atoms with Gasteiger partial charge in [-0.15, -0.1) is 0 Å². The fourth-order valence-corrected chi connectivity index (χ4v) is 11.5. The van der Waals surface area contributed by atoms with E-state index < -0.39 is 31.5 Å². The summed E-state index contributed by atoms with van der Waals surface area (Å²) in [7, 11) is -2.98. The highest BCUT2D eigenvalue weighted by molar-refractivity contribution is 6.71. The smallest absolute Gasteiger partial charge is 0.264 e. The summed E-state index contributed by atoms with van der Waals surface area (Å²) in [5.41, 5.74) is 3.01. The molecular formula is C37H42ClN3O6Si. The van der Waals surface area contributed by atoms with Crippen LogP contribution in [0.1, 0.15) is 49.3 Å². The van der Waals surface area contributed by atoms with E-state index >= 15 is 0 Å². The number of likely N-dealkylation sites (tertiary alicyclic amines) is 1. The second-order valence-electron chi connectivity index (χ2n) is 14.2. The highest BCUT2D eigenvalue weighted by Crippen LogP contribution is 2.60. The molecule has 2 fully saturated rings. The molecule has 7 rings (SSSR count). The van der Waals surface area contributed by atoms with Gasteiger partial charge in [0.25, 0.3) is 5.91 Å². The van der Waals surface area contributed by atoms with E-state index in [4.69, 9.17) is 16.3 Å². The molecule has 3 aromatic carbocycles. The molecule has 0 saturated carbocycles. The van der Waals surface area contributed by atoms with Crippen molar-refractivity contribution in [3.8, 4) is 0 Å². The summed E-state index contributed by atoms with van der Waals surface area (Å²) < 4.78 is 6.86. The monoisotopic (exact) mass is 687 g/mol. The lowest BCUT2D eigenvalue weighted by Gasteiger charge is -2.33. The average molecular weight is 688 g/mol. The van der Waals surface area contributed by atoms with E-state index in [1.807, 2.05) is 74.6 Å². The number of hydrogen-bond acceptors (Lipinski definition) is 6. The summed E-state index contributed by atoms with van der Waals surface area (Å²) in [5, 5.41) is 10.3. The van der Waals surface area contributed by atoms with Crippen LogP contribution in [0.15, 0.2) is 66.7 Å². The van der Waals surface area contributed by atoms with E-state index in [9.17, 15) is 24.3 Å². The number of carbonyl (C=O) groups is 3. The van der Waals surface area contributed by atoms with Crippen LogP contribution in [0.25, 0.3) is 0 Å². The molecule has 1 spiro atoms. The molecule has 0 aliphatic carbocycles. The van der Waals surface area contributed by atoms with Crippen molar-refractivity contribution < 1.29 is 29.0 Å². The zero-order chi connectivity index (χ0) is 34.0. The van der Waals surface area contributed by atoms with Crippen LogP contribution in [-0.4, -0.2) is 66.1 Å². The van der Waals surface area contributed by atoms with Crippen LogP contribution >= 0.6 is 11.6 Å². The number of para-hydroxylation sites is 1. The average Bonchev–Trinajstić information content (AvgIpc) is 3.71. The number of nitrogens with zero attached hydrogens (tertiary/aromatic N) is 3. The third-order valence-corrected chi connectivity index (χ3v) is 13.6. The van der Waals surface area contributed by atoms with Crippen LogP contribution in [-0.2, 0) is 37.7 Å². The van der Waals surface area contributed by atoms with Crippen LogP contribution in [0, 0.1) is 5.92 Å². The Morgan fingerprint density at radius 1 is 1.04 bits per heavy atom. The van der Waals surface area contributed by atoms with E-state index in [2.05, 4.69) is 0 Å². The van der Waals surface area contributed by atoms with Crippen molar-refractivity contribution in [2.75, 3.05) is 23.0 Å². The number of benzene rings is 3. The number of aliphatic hydroxyl groups excluding tert-OH is 1. The first-order valence-electron chi connectivity index (χ1n) is 16.9. The van der Waals surface area contributed by atoms with Gasteiger partial charge >= 0.3 is 0 Å². The molecule has 0 aromatic heterocycles. The largest absolute Gasteiger partial charge is 0.432 e. The SMILES string of the molecule is C[C@H]1[C@H]([Si](C)(C)O)[C@@H](CC(=O)N2CCC[C@H]2CO)O[C@]12C(=O)N(Cc1cccc(N3C(=O)CCc4ccccc43)c1)c1ccc(Cl)cc12.